The molecule has 0 aliphatic heterocycles. The summed E-state index contributed by atoms with van der Waals surface area (Å²) in [5.74, 6) is 0.231. The standard InChI is InChI=1S/C11H22O2/c1-4-6-8-13-11(7-5-2)9-10(3)12/h11H,4-9H2,1-3H3. The van der Waals surface area contributed by atoms with Crippen molar-refractivity contribution < 1.29 is 9.53 Å². The van der Waals surface area contributed by atoms with Crippen molar-refractivity contribution in [3.05, 3.63) is 0 Å². The molecule has 0 aromatic carbocycles. The van der Waals surface area contributed by atoms with E-state index in [9.17, 15) is 4.79 Å². The van der Waals surface area contributed by atoms with Gasteiger partial charge in [0, 0.05) is 13.0 Å². The topological polar surface area (TPSA) is 26.3 Å². The third kappa shape index (κ3) is 7.97. The summed E-state index contributed by atoms with van der Waals surface area (Å²) >= 11 is 0. The molecule has 0 spiro atoms. The molecule has 0 aliphatic carbocycles. The van der Waals surface area contributed by atoms with Crippen LogP contribution in [-0.4, -0.2) is 18.5 Å². The van der Waals surface area contributed by atoms with Gasteiger partial charge in [0.15, 0.2) is 0 Å². The largest absolute Gasteiger partial charge is 0.378 e. The summed E-state index contributed by atoms with van der Waals surface area (Å²) in [4.78, 5) is 10.9. The Morgan fingerprint density at radius 3 is 2.46 bits per heavy atom. The van der Waals surface area contributed by atoms with E-state index >= 15 is 0 Å². The van der Waals surface area contributed by atoms with Gasteiger partial charge < -0.3 is 4.74 Å². The molecular formula is C11H22O2. The molecule has 0 N–H and O–H groups in total. The fraction of sp³-hybridized carbons (Fsp3) is 0.909. The van der Waals surface area contributed by atoms with Gasteiger partial charge in [-0.25, -0.2) is 0 Å². The zero-order chi connectivity index (χ0) is 10.1. The highest BCUT2D eigenvalue weighted by molar-refractivity contribution is 5.75. The Hall–Kier alpha value is -0.370. The first kappa shape index (κ1) is 12.6. The van der Waals surface area contributed by atoms with E-state index in [2.05, 4.69) is 13.8 Å². The second-order valence-corrected chi connectivity index (χ2v) is 3.54. The summed E-state index contributed by atoms with van der Waals surface area (Å²) in [5, 5.41) is 0. The van der Waals surface area contributed by atoms with Crippen molar-refractivity contribution in [1.82, 2.24) is 0 Å². The molecule has 0 aromatic rings. The highest BCUT2D eigenvalue weighted by Crippen LogP contribution is 2.08. The lowest BCUT2D eigenvalue weighted by atomic mass is 10.1. The zero-order valence-electron chi connectivity index (χ0n) is 9.14. The van der Waals surface area contributed by atoms with Gasteiger partial charge in [-0.2, -0.15) is 0 Å². The van der Waals surface area contributed by atoms with Crippen LogP contribution in [0, 0.1) is 0 Å². The van der Waals surface area contributed by atoms with E-state index in [0.29, 0.717) is 6.42 Å². The molecule has 2 heteroatoms. The molecule has 0 bridgehead atoms. The minimum absolute atomic E-state index is 0.161. The molecule has 0 heterocycles. The number of carbonyl (C=O) groups excluding carboxylic acids is 1. The predicted molar refractivity (Wildman–Crippen MR) is 54.9 cm³/mol. The predicted octanol–water partition coefficient (Wildman–Crippen LogP) is 2.95. The monoisotopic (exact) mass is 186 g/mol. The minimum Gasteiger partial charge on any atom is -0.378 e. The van der Waals surface area contributed by atoms with Gasteiger partial charge in [0.1, 0.15) is 5.78 Å². The van der Waals surface area contributed by atoms with Crippen LogP contribution in [0.1, 0.15) is 52.9 Å². The van der Waals surface area contributed by atoms with E-state index in [1.54, 1.807) is 6.92 Å². The van der Waals surface area contributed by atoms with Crippen molar-refractivity contribution in [2.45, 2.75) is 59.0 Å². The van der Waals surface area contributed by atoms with Crippen molar-refractivity contribution in [2.75, 3.05) is 6.61 Å². The van der Waals surface area contributed by atoms with Gasteiger partial charge in [0.25, 0.3) is 0 Å². The van der Waals surface area contributed by atoms with Crippen LogP contribution in [0.4, 0.5) is 0 Å². The summed E-state index contributed by atoms with van der Waals surface area (Å²) in [6.07, 6.45) is 5.08. The van der Waals surface area contributed by atoms with E-state index < -0.39 is 0 Å². The first-order chi connectivity index (χ1) is 6.20. The molecule has 1 atom stereocenters. The average molecular weight is 186 g/mol. The van der Waals surface area contributed by atoms with E-state index in [1.807, 2.05) is 0 Å². The maximum atomic E-state index is 10.9. The van der Waals surface area contributed by atoms with Gasteiger partial charge >= 0.3 is 0 Å². The van der Waals surface area contributed by atoms with Crippen molar-refractivity contribution in [3.63, 3.8) is 0 Å². The second-order valence-electron chi connectivity index (χ2n) is 3.54. The summed E-state index contributed by atoms with van der Waals surface area (Å²) in [6, 6.07) is 0. The van der Waals surface area contributed by atoms with Gasteiger partial charge in [0.05, 0.1) is 6.10 Å². The average Bonchev–Trinajstić information content (AvgIpc) is 2.04. The van der Waals surface area contributed by atoms with Crippen LogP contribution in [0.25, 0.3) is 0 Å². The number of unbranched alkanes of at least 4 members (excludes halogenated alkanes) is 1. The van der Waals surface area contributed by atoms with Gasteiger partial charge in [-0.15, -0.1) is 0 Å². The van der Waals surface area contributed by atoms with Gasteiger partial charge in [-0.1, -0.05) is 26.7 Å². The maximum absolute atomic E-state index is 10.9. The second kappa shape index (κ2) is 8.24. The van der Waals surface area contributed by atoms with Crippen LogP contribution in [-0.2, 0) is 9.53 Å². The fourth-order valence-corrected chi connectivity index (χ4v) is 1.28. The lowest BCUT2D eigenvalue weighted by Crippen LogP contribution is -2.16. The number of hydrogen-bond acceptors (Lipinski definition) is 2. The molecule has 0 aliphatic rings. The molecule has 0 aromatic heterocycles. The minimum atomic E-state index is 0.161. The van der Waals surface area contributed by atoms with Crippen LogP contribution in [0.15, 0.2) is 0 Å². The SMILES string of the molecule is CCCCOC(CCC)CC(C)=O. The van der Waals surface area contributed by atoms with Crippen molar-refractivity contribution in [2.24, 2.45) is 0 Å². The molecule has 0 saturated carbocycles. The normalized spacial score (nSPS) is 12.8. The molecular weight excluding hydrogens is 164 g/mol. The van der Waals surface area contributed by atoms with E-state index in [0.717, 1.165) is 32.3 Å². The lowest BCUT2D eigenvalue weighted by Gasteiger charge is -2.15. The van der Waals surface area contributed by atoms with Crippen LogP contribution in [0.5, 0.6) is 0 Å². The van der Waals surface area contributed by atoms with E-state index in [1.165, 1.54) is 0 Å². The Kier molecular flexibility index (Phi) is 8.00. The number of ketones is 1. The van der Waals surface area contributed by atoms with Crippen LogP contribution < -0.4 is 0 Å². The van der Waals surface area contributed by atoms with Gasteiger partial charge in [-0.3, -0.25) is 4.79 Å². The number of rotatable bonds is 8. The van der Waals surface area contributed by atoms with Gasteiger partial charge in [0.2, 0.25) is 0 Å². The van der Waals surface area contributed by atoms with Gasteiger partial charge in [-0.05, 0) is 19.8 Å². The van der Waals surface area contributed by atoms with Crippen LogP contribution in [0.2, 0.25) is 0 Å². The highest BCUT2D eigenvalue weighted by Gasteiger charge is 2.09. The van der Waals surface area contributed by atoms with Crippen molar-refractivity contribution in [3.8, 4) is 0 Å². The van der Waals surface area contributed by atoms with E-state index in [-0.39, 0.29) is 11.9 Å². The number of carbonyl (C=O) groups is 1. The van der Waals surface area contributed by atoms with Crippen molar-refractivity contribution >= 4 is 5.78 Å². The Balaban J connectivity index is 3.59. The summed E-state index contributed by atoms with van der Waals surface area (Å²) < 4.78 is 5.61. The maximum Gasteiger partial charge on any atom is 0.132 e. The summed E-state index contributed by atoms with van der Waals surface area (Å²) in [5.41, 5.74) is 0. The Morgan fingerprint density at radius 1 is 1.31 bits per heavy atom. The first-order valence-corrected chi connectivity index (χ1v) is 5.31. The lowest BCUT2D eigenvalue weighted by molar-refractivity contribution is -0.120. The first-order valence-electron chi connectivity index (χ1n) is 5.31. The number of hydrogen-bond donors (Lipinski definition) is 0. The highest BCUT2D eigenvalue weighted by atomic mass is 16.5. The molecule has 0 fully saturated rings. The molecule has 1 unspecified atom stereocenters. The Morgan fingerprint density at radius 2 is 2.00 bits per heavy atom. The molecule has 13 heavy (non-hydrogen) atoms. The summed E-state index contributed by atoms with van der Waals surface area (Å²) in [6.45, 7) is 6.69. The molecule has 0 radical (unpaired) electrons. The van der Waals surface area contributed by atoms with Crippen molar-refractivity contribution in [1.29, 1.82) is 0 Å². The van der Waals surface area contributed by atoms with Crippen LogP contribution >= 0.6 is 0 Å². The zero-order valence-corrected chi connectivity index (χ0v) is 9.14. The fourth-order valence-electron chi connectivity index (χ4n) is 1.28. The third-order valence-electron chi connectivity index (χ3n) is 1.98. The number of Topliss-reactive ketones (excluding diaryl/α,β-unsaturated/α-hetero) is 1. The molecule has 0 rings (SSSR count). The van der Waals surface area contributed by atoms with E-state index in [4.69, 9.17) is 4.74 Å². The van der Waals surface area contributed by atoms with Crippen LogP contribution in [0.3, 0.4) is 0 Å². The Bertz CT molecular complexity index is 132. The molecule has 0 amide bonds. The molecule has 2 nitrogen and oxygen atoms in total. The molecule has 78 valence electrons. The summed E-state index contributed by atoms with van der Waals surface area (Å²) in [7, 11) is 0. The Labute approximate surface area is 81.7 Å². The smallest absolute Gasteiger partial charge is 0.132 e. The number of ether oxygens (including phenoxy) is 1. The molecule has 0 saturated heterocycles. The quantitative estimate of drug-likeness (QED) is 0.545. The third-order valence-corrected chi connectivity index (χ3v) is 1.98.